The summed E-state index contributed by atoms with van der Waals surface area (Å²) in [6.45, 7) is 7.53. The number of ether oxygens (including phenoxy) is 2. The molecule has 1 saturated heterocycles. The van der Waals surface area contributed by atoms with Crippen LogP contribution >= 0.6 is 12.4 Å². The van der Waals surface area contributed by atoms with Crippen LogP contribution in [0.15, 0.2) is 0 Å². The molecule has 0 amide bonds. The van der Waals surface area contributed by atoms with E-state index in [0.29, 0.717) is 0 Å². The lowest BCUT2D eigenvalue weighted by molar-refractivity contribution is 0.0463. The lowest BCUT2D eigenvalue weighted by atomic mass is 9.97. The summed E-state index contributed by atoms with van der Waals surface area (Å²) in [5.74, 6) is 0.829. The normalized spacial score (nSPS) is 21.0. The largest absolute Gasteiger partial charge is 0.379 e. The summed E-state index contributed by atoms with van der Waals surface area (Å²) >= 11 is 0. The van der Waals surface area contributed by atoms with Gasteiger partial charge in [-0.1, -0.05) is 0 Å². The van der Waals surface area contributed by atoms with E-state index in [1.807, 2.05) is 6.92 Å². The van der Waals surface area contributed by atoms with Gasteiger partial charge in [0.15, 0.2) is 0 Å². The zero-order valence-electron chi connectivity index (χ0n) is 9.67. The van der Waals surface area contributed by atoms with Gasteiger partial charge < -0.3 is 14.8 Å². The van der Waals surface area contributed by atoms with E-state index >= 15 is 0 Å². The minimum atomic E-state index is 0. The Morgan fingerprint density at radius 2 is 2.00 bits per heavy atom. The summed E-state index contributed by atoms with van der Waals surface area (Å²) in [6.07, 6.45) is 3.88. The monoisotopic (exact) mass is 237 g/mol. The van der Waals surface area contributed by atoms with Crippen molar-refractivity contribution in [2.45, 2.75) is 26.2 Å². The first kappa shape index (κ1) is 15.2. The molecule has 1 N–H and O–H groups in total. The molecule has 1 aliphatic heterocycles. The Morgan fingerprint density at radius 1 is 1.20 bits per heavy atom. The van der Waals surface area contributed by atoms with Crippen LogP contribution in [0.3, 0.4) is 0 Å². The van der Waals surface area contributed by atoms with Gasteiger partial charge in [0.1, 0.15) is 0 Å². The van der Waals surface area contributed by atoms with Crippen LogP contribution in [0.5, 0.6) is 0 Å². The molecule has 15 heavy (non-hydrogen) atoms. The fraction of sp³-hybridized carbons (Fsp3) is 1.00. The van der Waals surface area contributed by atoms with E-state index < -0.39 is 0 Å². The van der Waals surface area contributed by atoms with Crippen molar-refractivity contribution in [2.75, 3.05) is 39.5 Å². The van der Waals surface area contributed by atoms with Crippen LogP contribution in [-0.4, -0.2) is 39.5 Å². The average Bonchev–Trinajstić information content (AvgIpc) is 2.25. The average molecular weight is 238 g/mol. The molecule has 1 aliphatic rings. The first-order valence-electron chi connectivity index (χ1n) is 5.79. The molecule has 1 unspecified atom stereocenters. The number of halogens is 1. The Morgan fingerprint density at radius 3 is 2.67 bits per heavy atom. The highest BCUT2D eigenvalue weighted by atomic mass is 35.5. The fourth-order valence-electron chi connectivity index (χ4n) is 1.78. The second kappa shape index (κ2) is 10.7. The maximum Gasteiger partial charge on any atom is 0.0700 e. The van der Waals surface area contributed by atoms with Gasteiger partial charge in [0, 0.05) is 13.2 Å². The highest BCUT2D eigenvalue weighted by Crippen LogP contribution is 2.13. The van der Waals surface area contributed by atoms with E-state index in [2.05, 4.69) is 5.32 Å². The van der Waals surface area contributed by atoms with Crippen LogP contribution < -0.4 is 5.32 Å². The van der Waals surface area contributed by atoms with Crippen molar-refractivity contribution >= 4 is 12.4 Å². The molecule has 1 atom stereocenters. The number of rotatable bonds is 7. The van der Waals surface area contributed by atoms with Crippen molar-refractivity contribution in [1.82, 2.24) is 5.32 Å². The highest BCUT2D eigenvalue weighted by molar-refractivity contribution is 5.85. The first-order chi connectivity index (χ1) is 6.93. The van der Waals surface area contributed by atoms with E-state index in [4.69, 9.17) is 9.47 Å². The van der Waals surface area contributed by atoms with E-state index in [9.17, 15) is 0 Å². The van der Waals surface area contributed by atoms with Gasteiger partial charge in [-0.05, 0) is 45.2 Å². The molecule has 0 aromatic rings. The van der Waals surface area contributed by atoms with Gasteiger partial charge in [0.05, 0.1) is 13.2 Å². The summed E-state index contributed by atoms with van der Waals surface area (Å²) < 4.78 is 10.7. The molecule has 0 spiro atoms. The van der Waals surface area contributed by atoms with Crippen LogP contribution in [-0.2, 0) is 9.47 Å². The zero-order valence-corrected chi connectivity index (χ0v) is 10.5. The van der Waals surface area contributed by atoms with Gasteiger partial charge in [0.25, 0.3) is 0 Å². The second-order valence-corrected chi connectivity index (χ2v) is 3.81. The highest BCUT2D eigenvalue weighted by Gasteiger charge is 2.11. The van der Waals surface area contributed by atoms with Crippen LogP contribution in [0.1, 0.15) is 26.2 Å². The molecular formula is C11H24ClNO2. The van der Waals surface area contributed by atoms with Gasteiger partial charge in [-0.3, -0.25) is 0 Å². The fourth-order valence-corrected chi connectivity index (χ4v) is 1.78. The van der Waals surface area contributed by atoms with Crippen molar-refractivity contribution in [1.29, 1.82) is 0 Å². The van der Waals surface area contributed by atoms with Crippen molar-refractivity contribution < 1.29 is 9.47 Å². The summed E-state index contributed by atoms with van der Waals surface area (Å²) in [4.78, 5) is 0. The lowest BCUT2D eigenvalue weighted by Crippen LogP contribution is -2.30. The van der Waals surface area contributed by atoms with Crippen LogP contribution in [0.2, 0.25) is 0 Å². The number of nitrogens with one attached hydrogen (secondary N) is 1. The predicted molar refractivity (Wildman–Crippen MR) is 64.8 cm³/mol. The van der Waals surface area contributed by atoms with Gasteiger partial charge in [-0.2, -0.15) is 0 Å². The maximum absolute atomic E-state index is 5.49. The molecule has 1 heterocycles. The molecule has 0 radical (unpaired) electrons. The first-order valence-corrected chi connectivity index (χ1v) is 5.79. The Bertz CT molecular complexity index is 130. The topological polar surface area (TPSA) is 30.5 Å². The predicted octanol–water partition coefficient (Wildman–Crippen LogP) is 1.85. The number of hydrogen-bond acceptors (Lipinski definition) is 3. The Hall–Kier alpha value is 0.170. The maximum atomic E-state index is 5.49. The second-order valence-electron chi connectivity index (χ2n) is 3.81. The molecule has 1 rings (SSSR count). The molecule has 0 saturated carbocycles. The molecule has 0 aliphatic carbocycles. The van der Waals surface area contributed by atoms with E-state index in [0.717, 1.165) is 32.3 Å². The summed E-state index contributed by atoms with van der Waals surface area (Å²) in [7, 11) is 0. The minimum absolute atomic E-state index is 0. The molecule has 0 bridgehead atoms. The third-order valence-corrected chi connectivity index (χ3v) is 2.65. The van der Waals surface area contributed by atoms with Gasteiger partial charge in [-0.15, -0.1) is 12.4 Å². The van der Waals surface area contributed by atoms with Crippen molar-refractivity contribution in [3.63, 3.8) is 0 Å². The quantitative estimate of drug-likeness (QED) is 0.686. The van der Waals surface area contributed by atoms with Gasteiger partial charge in [0.2, 0.25) is 0 Å². The summed E-state index contributed by atoms with van der Waals surface area (Å²) in [6, 6.07) is 0. The summed E-state index contributed by atoms with van der Waals surface area (Å²) in [5.41, 5.74) is 0. The Balaban J connectivity index is 0.00000196. The van der Waals surface area contributed by atoms with Crippen molar-refractivity contribution in [2.24, 2.45) is 5.92 Å². The zero-order chi connectivity index (χ0) is 10.1. The molecular weight excluding hydrogens is 214 g/mol. The lowest BCUT2D eigenvalue weighted by Gasteiger charge is -2.22. The standard InChI is InChI=1S/C11H23NO2.ClH/c1-2-13-8-9-14-7-5-11-4-3-6-12-10-11;/h11-12H,2-10H2,1H3;1H. The van der Waals surface area contributed by atoms with Gasteiger partial charge >= 0.3 is 0 Å². The molecule has 3 nitrogen and oxygen atoms in total. The van der Waals surface area contributed by atoms with E-state index in [1.54, 1.807) is 0 Å². The Labute approximate surface area is 99.3 Å². The molecule has 0 aromatic carbocycles. The minimum Gasteiger partial charge on any atom is -0.379 e. The smallest absolute Gasteiger partial charge is 0.0700 e. The Kier molecular flexibility index (Phi) is 10.8. The van der Waals surface area contributed by atoms with Crippen LogP contribution in [0, 0.1) is 5.92 Å². The third-order valence-electron chi connectivity index (χ3n) is 2.65. The third kappa shape index (κ3) is 8.03. The molecule has 4 heteroatoms. The van der Waals surface area contributed by atoms with Crippen molar-refractivity contribution in [3.8, 4) is 0 Å². The SMILES string of the molecule is CCOCCOCCC1CCCNC1.Cl. The van der Waals surface area contributed by atoms with Crippen LogP contribution in [0.25, 0.3) is 0 Å². The van der Waals surface area contributed by atoms with Crippen LogP contribution in [0.4, 0.5) is 0 Å². The number of piperidine rings is 1. The molecule has 0 aromatic heterocycles. The van der Waals surface area contributed by atoms with E-state index in [1.165, 1.54) is 32.4 Å². The van der Waals surface area contributed by atoms with Gasteiger partial charge in [-0.25, -0.2) is 0 Å². The number of hydrogen-bond donors (Lipinski definition) is 1. The summed E-state index contributed by atoms with van der Waals surface area (Å²) in [5, 5.41) is 3.42. The molecule has 92 valence electrons. The molecule has 1 fully saturated rings. The van der Waals surface area contributed by atoms with Crippen molar-refractivity contribution in [3.05, 3.63) is 0 Å². The van der Waals surface area contributed by atoms with E-state index in [-0.39, 0.29) is 12.4 Å².